The number of nitrogens with one attached hydrogen (secondary N) is 1. The van der Waals surface area contributed by atoms with Crippen LogP contribution < -0.4 is 0 Å². The van der Waals surface area contributed by atoms with E-state index < -0.39 is 9.84 Å². The Labute approximate surface area is 88.7 Å². The van der Waals surface area contributed by atoms with Crippen molar-refractivity contribution in [1.82, 2.24) is 4.98 Å². The Morgan fingerprint density at radius 2 is 1.93 bits per heavy atom. The van der Waals surface area contributed by atoms with E-state index in [0.29, 0.717) is 4.90 Å². The summed E-state index contributed by atoms with van der Waals surface area (Å²) < 4.78 is 22.7. The van der Waals surface area contributed by atoms with E-state index in [2.05, 4.69) is 4.98 Å². The van der Waals surface area contributed by atoms with Crippen molar-refractivity contribution < 1.29 is 8.42 Å². The zero-order valence-electron chi connectivity index (χ0n) is 8.27. The van der Waals surface area contributed by atoms with Crippen LogP contribution in [0.3, 0.4) is 0 Å². The monoisotopic (exact) mass is 221 g/mol. The molecule has 0 amide bonds. The number of aromatic nitrogens is 1. The van der Waals surface area contributed by atoms with E-state index in [4.69, 9.17) is 0 Å². The zero-order valence-corrected chi connectivity index (χ0v) is 9.08. The quantitative estimate of drug-likeness (QED) is 0.844. The lowest BCUT2D eigenvalue weighted by Gasteiger charge is -2.01. The van der Waals surface area contributed by atoms with Gasteiger partial charge in [-0.2, -0.15) is 0 Å². The summed E-state index contributed by atoms with van der Waals surface area (Å²) in [5.74, 6) is 0. The summed E-state index contributed by atoms with van der Waals surface area (Å²) in [6.07, 6.45) is 3.02. The van der Waals surface area contributed by atoms with Crippen LogP contribution in [0.4, 0.5) is 0 Å². The molecule has 0 saturated carbocycles. The third-order valence-electron chi connectivity index (χ3n) is 2.17. The molecule has 0 atom stereocenters. The van der Waals surface area contributed by atoms with Crippen molar-refractivity contribution in [2.24, 2.45) is 0 Å². The topological polar surface area (TPSA) is 49.9 Å². The van der Waals surface area contributed by atoms with Crippen LogP contribution >= 0.6 is 0 Å². The van der Waals surface area contributed by atoms with Crippen molar-refractivity contribution in [3.05, 3.63) is 42.6 Å². The first-order valence-electron chi connectivity index (χ1n) is 4.51. The van der Waals surface area contributed by atoms with E-state index in [9.17, 15) is 8.42 Å². The molecule has 0 saturated heterocycles. The Balaban J connectivity index is 2.53. The molecule has 0 bridgehead atoms. The molecule has 78 valence electrons. The van der Waals surface area contributed by atoms with Crippen LogP contribution in [-0.4, -0.2) is 19.7 Å². The van der Waals surface area contributed by atoms with Gasteiger partial charge in [-0.05, 0) is 29.8 Å². The summed E-state index contributed by atoms with van der Waals surface area (Å²) in [6, 6.07) is 10.7. The largest absolute Gasteiger partial charge is 0.361 e. The van der Waals surface area contributed by atoms with Gasteiger partial charge < -0.3 is 4.98 Å². The molecule has 1 heterocycles. The standard InChI is InChI=1S/C11H11NO2S/c1-15(13,14)10-5-2-4-9(8-10)11-6-3-7-12-11/h2-8,12H,1H3. The smallest absolute Gasteiger partial charge is 0.175 e. The number of hydrogen-bond donors (Lipinski definition) is 1. The van der Waals surface area contributed by atoms with Gasteiger partial charge in [-0.25, -0.2) is 8.42 Å². The molecule has 0 spiro atoms. The van der Waals surface area contributed by atoms with E-state index >= 15 is 0 Å². The van der Waals surface area contributed by atoms with Gasteiger partial charge in [-0.15, -0.1) is 0 Å². The molecule has 2 aromatic rings. The van der Waals surface area contributed by atoms with Crippen LogP contribution in [0.1, 0.15) is 0 Å². The summed E-state index contributed by atoms with van der Waals surface area (Å²) in [6.45, 7) is 0. The molecule has 15 heavy (non-hydrogen) atoms. The second-order valence-electron chi connectivity index (χ2n) is 3.38. The summed E-state index contributed by atoms with van der Waals surface area (Å²) >= 11 is 0. The van der Waals surface area contributed by atoms with Gasteiger partial charge in [0.2, 0.25) is 0 Å². The van der Waals surface area contributed by atoms with Crippen LogP contribution in [0.2, 0.25) is 0 Å². The Bertz CT molecular complexity index is 556. The Morgan fingerprint density at radius 3 is 2.53 bits per heavy atom. The molecule has 1 aromatic heterocycles. The fourth-order valence-corrected chi connectivity index (χ4v) is 2.07. The molecule has 0 radical (unpaired) electrons. The number of H-pyrrole nitrogens is 1. The molecule has 0 fully saturated rings. The zero-order chi connectivity index (χ0) is 10.9. The highest BCUT2D eigenvalue weighted by molar-refractivity contribution is 7.90. The minimum Gasteiger partial charge on any atom is -0.361 e. The molecular formula is C11H11NO2S. The van der Waals surface area contributed by atoms with Crippen molar-refractivity contribution in [3.63, 3.8) is 0 Å². The van der Waals surface area contributed by atoms with Crippen LogP contribution in [0.5, 0.6) is 0 Å². The first-order valence-corrected chi connectivity index (χ1v) is 6.40. The van der Waals surface area contributed by atoms with Crippen LogP contribution in [0.25, 0.3) is 11.3 Å². The number of rotatable bonds is 2. The highest BCUT2D eigenvalue weighted by atomic mass is 32.2. The van der Waals surface area contributed by atoms with Gasteiger partial charge in [0.1, 0.15) is 0 Å². The molecule has 0 aliphatic carbocycles. The van der Waals surface area contributed by atoms with Gasteiger partial charge in [0.05, 0.1) is 4.90 Å². The molecule has 0 aliphatic heterocycles. The van der Waals surface area contributed by atoms with E-state index in [1.807, 2.05) is 24.4 Å². The molecule has 1 aromatic carbocycles. The number of sulfone groups is 1. The first kappa shape index (κ1) is 9.98. The molecule has 1 N–H and O–H groups in total. The van der Waals surface area contributed by atoms with Crippen molar-refractivity contribution in [3.8, 4) is 11.3 Å². The maximum Gasteiger partial charge on any atom is 0.175 e. The first-order chi connectivity index (χ1) is 7.07. The second-order valence-corrected chi connectivity index (χ2v) is 5.40. The van der Waals surface area contributed by atoms with Crippen molar-refractivity contribution in [2.45, 2.75) is 4.90 Å². The van der Waals surface area contributed by atoms with Crippen LogP contribution in [-0.2, 0) is 9.84 Å². The third-order valence-corrected chi connectivity index (χ3v) is 3.28. The van der Waals surface area contributed by atoms with E-state index in [1.165, 1.54) is 6.26 Å². The van der Waals surface area contributed by atoms with Crippen LogP contribution in [0, 0.1) is 0 Å². The van der Waals surface area contributed by atoms with Gasteiger partial charge in [0.25, 0.3) is 0 Å². The van der Waals surface area contributed by atoms with E-state index in [1.54, 1.807) is 18.2 Å². The van der Waals surface area contributed by atoms with Crippen molar-refractivity contribution >= 4 is 9.84 Å². The highest BCUT2D eigenvalue weighted by Crippen LogP contribution is 2.20. The summed E-state index contributed by atoms with van der Waals surface area (Å²) in [5.41, 5.74) is 1.79. The predicted octanol–water partition coefficient (Wildman–Crippen LogP) is 2.09. The fraction of sp³-hybridized carbons (Fsp3) is 0.0909. The van der Waals surface area contributed by atoms with E-state index in [0.717, 1.165) is 11.3 Å². The molecule has 0 aliphatic rings. The maximum atomic E-state index is 11.3. The third kappa shape index (κ3) is 2.10. The normalized spacial score (nSPS) is 11.5. The lowest BCUT2D eigenvalue weighted by Crippen LogP contribution is -1.96. The van der Waals surface area contributed by atoms with Gasteiger partial charge in [0, 0.05) is 18.1 Å². The van der Waals surface area contributed by atoms with Gasteiger partial charge in [-0.3, -0.25) is 0 Å². The van der Waals surface area contributed by atoms with Gasteiger partial charge in [-0.1, -0.05) is 12.1 Å². The van der Waals surface area contributed by atoms with Crippen molar-refractivity contribution in [2.75, 3.05) is 6.26 Å². The maximum absolute atomic E-state index is 11.3. The average Bonchev–Trinajstić information content (AvgIpc) is 2.69. The molecule has 2 rings (SSSR count). The minimum absolute atomic E-state index is 0.342. The molecule has 3 nitrogen and oxygen atoms in total. The van der Waals surface area contributed by atoms with Gasteiger partial charge in [0.15, 0.2) is 9.84 Å². The number of aromatic amines is 1. The van der Waals surface area contributed by atoms with Crippen LogP contribution in [0.15, 0.2) is 47.5 Å². The fourth-order valence-electron chi connectivity index (χ4n) is 1.40. The number of hydrogen-bond acceptors (Lipinski definition) is 2. The second kappa shape index (κ2) is 3.55. The molecule has 4 heteroatoms. The summed E-state index contributed by atoms with van der Waals surface area (Å²) in [7, 11) is -3.13. The Hall–Kier alpha value is -1.55. The molecular weight excluding hydrogens is 210 g/mol. The Morgan fingerprint density at radius 1 is 1.13 bits per heavy atom. The summed E-state index contributed by atoms with van der Waals surface area (Å²) in [5, 5.41) is 0. The van der Waals surface area contributed by atoms with Crippen molar-refractivity contribution in [1.29, 1.82) is 0 Å². The molecule has 0 unspecified atom stereocenters. The van der Waals surface area contributed by atoms with Gasteiger partial charge >= 0.3 is 0 Å². The highest BCUT2D eigenvalue weighted by Gasteiger charge is 2.07. The summed E-state index contributed by atoms with van der Waals surface area (Å²) in [4.78, 5) is 3.38. The Kier molecular flexibility index (Phi) is 2.36. The average molecular weight is 221 g/mol. The SMILES string of the molecule is CS(=O)(=O)c1cccc(-c2ccc[nH]2)c1. The predicted molar refractivity (Wildman–Crippen MR) is 59.3 cm³/mol. The number of benzene rings is 1. The minimum atomic E-state index is -3.13. The lowest BCUT2D eigenvalue weighted by atomic mass is 10.2. The van der Waals surface area contributed by atoms with E-state index in [-0.39, 0.29) is 0 Å². The lowest BCUT2D eigenvalue weighted by molar-refractivity contribution is 0.602.